The molecular formula is C29H27Cl2N3O4. The van der Waals surface area contributed by atoms with Crippen LogP contribution in [0.1, 0.15) is 39.9 Å². The lowest BCUT2D eigenvalue weighted by Crippen LogP contribution is -2.42. The molecule has 7 nitrogen and oxygen atoms in total. The molecule has 9 heteroatoms. The summed E-state index contributed by atoms with van der Waals surface area (Å²) >= 11 is 12.2. The number of rotatable bonds is 9. The number of hydrogen-bond donors (Lipinski definition) is 2. The van der Waals surface area contributed by atoms with Crippen molar-refractivity contribution in [3.8, 4) is 11.8 Å². The number of aliphatic carboxylic acids is 1. The molecule has 0 aliphatic carbocycles. The third-order valence-electron chi connectivity index (χ3n) is 6.46. The quantitative estimate of drug-likeness (QED) is 0.372. The molecule has 1 amide bonds. The summed E-state index contributed by atoms with van der Waals surface area (Å²) in [5.74, 6) is -1.09. The largest absolute Gasteiger partial charge is 0.490 e. The van der Waals surface area contributed by atoms with Crippen LogP contribution in [0.3, 0.4) is 0 Å². The number of nitriles is 1. The second kappa shape index (κ2) is 12.8. The van der Waals surface area contributed by atoms with E-state index in [0.29, 0.717) is 11.3 Å². The Hall–Kier alpha value is -3.57. The summed E-state index contributed by atoms with van der Waals surface area (Å²) in [5, 5.41) is 21.6. The molecule has 2 N–H and O–H groups in total. The van der Waals surface area contributed by atoms with E-state index in [-0.39, 0.29) is 28.1 Å². The zero-order valence-electron chi connectivity index (χ0n) is 20.6. The summed E-state index contributed by atoms with van der Waals surface area (Å²) in [6, 6.07) is 20.6. The van der Waals surface area contributed by atoms with E-state index in [9.17, 15) is 14.7 Å². The maximum Gasteiger partial charge on any atom is 0.326 e. The lowest BCUT2D eigenvalue weighted by atomic mass is 10.0. The Morgan fingerprint density at radius 1 is 1.03 bits per heavy atom. The first-order valence-corrected chi connectivity index (χ1v) is 13.0. The van der Waals surface area contributed by atoms with Gasteiger partial charge in [-0.3, -0.25) is 9.69 Å². The van der Waals surface area contributed by atoms with Gasteiger partial charge in [0.2, 0.25) is 0 Å². The first-order valence-electron chi connectivity index (χ1n) is 12.3. The first-order chi connectivity index (χ1) is 18.3. The van der Waals surface area contributed by atoms with Crippen LogP contribution in [-0.4, -0.2) is 47.1 Å². The Labute approximate surface area is 231 Å². The van der Waals surface area contributed by atoms with Gasteiger partial charge in [0, 0.05) is 26.1 Å². The molecule has 1 fully saturated rings. The van der Waals surface area contributed by atoms with Crippen molar-refractivity contribution in [2.75, 3.05) is 13.1 Å². The van der Waals surface area contributed by atoms with Crippen molar-refractivity contribution in [1.29, 1.82) is 5.26 Å². The number of ether oxygens (including phenoxy) is 1. The second-order valence-electron chi connectivity index (χ2n) is 9.21. The molecule has 3 aromatic carbocycles. The molecule has 1 aliphatic rings. The Balaban J connectivity index is 1.28. The van der Waals surface area contributed by atoms with E-state index in [2.05, 4.69) is 16.3 Å². The zero-order chi connectivity index (χ0) is 27.1. The van der Waals surface area contributed by atoms with E-state index in [4.69, 9.17) is 33.2 Å². The SMILES string of the molecule is N#Cc1cccc(CN2CCC(Oc3ccc(C[C@H](NC(=O)c4c(Cl)cccc4Cl)C(=O)O)cc3)CC2)c1. The standard InChI is InChI=1S/C29H27Cl2N3O4/c30-24-5-2-6-25(31)27(24)28(35)33-26(29(36)37)16-19-7-9-22(10-8-19)38-23-11-13-34(14-12-23)18-21-4-1-3-20(15-21)17-32/h1-10,15,23,26H,11-14,16,18H2,(H,33,35)(H,36,37)/t26-/m0/s1. The van der Waals surface area contributed by atoms with Gasteiger partial charge in [-0.1, -0.05) is 53.5 Å². The molecule has 4 rings (SSSR count). The summed E-state index contributed by atoms with van der Waals surface area (Å²) in [5.41, 5.74) is 2.59. The van der Waals surface area contributed by atoms with Gasteiger partial charge in [-0.2, -0.15) is 5.26 Å². The highest BCUT2D eigenvalue weighted by Gasteiger charge is 2.24. The average Bonchev–Trinajstić information content (AvgIpc) is 2.90. The van der Waals surface area contributed by atoms with Crippen LogP contribution in [0, 0.1) is 11.3 Å². The Morgan fingerprint density at radius 2 is 1.68 bits per heavy atom. The molecule has 0 bridgehead atoms. The van der Waals surface area contributed by atoms with Gasteiger partial charge >= 0.3 is 5.97 Å². The normalized spacial score (nSPS) is 14.9. The highest BCUT2D eigenvalue weighted by Crippen LogP contribution is 2.25. The minimum Gasteiger partial charge on any atom is -0.490 e. The molecule has 1 heterocycles. The monoisotopic (exact) mass is 551 g/mol. The average molecular weight is 552 g/mol. The van der Waals surface area contributed by atoms with Crippen molar-refractivity contribution in [1.82, 2.24) is 10.2 Å². The number of carboxylic acid groups (broad SMARTS) is 1. The van der Waals surface area contributed by atoms with Gasteiger partial charge in [-0.25, -0.2) is 4.79 Å². The molecule has 196 valence electrons. The van der Waals surface area contributed by atoms with Crippen molar-refractivity contribution in [2.24, 2.45) is 0 Å². The lowest BCUT2D eigenvalue weighted by Gasteiger charge is -2.32. The molecule has 0 unspecified atom stereocenters. The van der Waals surface area contributed by atoms with Crippen molar-refractivity contribution < 1.29 is 19.4 Å². The van der Waals surface area contributed by atoms with Gasteiger partial charge in [0.15, 0.2) is 0 Å². The molecule has 0 saturated carbocycles. The Kier molecular flexibility index (Phi) is 9.24. The molecule has 0 aromatic heterocycles. The number of nitrogens with one attached hydrogen (secondary N) is 1. The second-order valence-corrected chi connectivity index (χ2v) is 10.0. The van der Waals surface area contributed by atoms with Crippen LogP contribution < -0.4 is 10.1 Å². The zero-order valence-corrected chi connectivity index (χ0v) is 22.1. The summed E-state index contributed by atoms with van der Waals surface area (Å²) < 4.78 is 6.16. The van der Waals surface area contributed by atoms with Crippen LogP contribution >= 0.6 is 23.2 Å². The summed E-state index contributed by atoms with van der Waals surface area (Å²) in [4.78, 5) is 26.8. The van der Waals surface area contributed by atoms with Gasteiger partial charge in [-0.15, -0.1) is 0 Å². The molecule has 1 atom stereocenters. The topological polar surface area (TPSA) is 103 Å². The van der Waals surface area contributed by atoms with Crippen LogP contribution in [-0.2, 0) is 17.8 Å². The van der Waals surface area contributed by atoms with Crippen molar-refractivity contribution in [2.45, 2.75) is 38.0 Å². The minimum atomic E-state index is -1.16. The van der Waals surface area contributed by atoms with Crippen molar-refractivity contribution in [3.63, 3.8) is 0 Å². The predicted octanol–water partition coefficient (Wildman–Crippen LogP) is 5.33. The minimum absolute atomic E-state index is 0.0487. The van der Waals surface area contributed by atoms with Crippen LogP contribution in [0.4, 0.5) is 0 Å². The van der Waals surface area contributed by atoms with E-state index in [1.165, 1.54) is 12.1 Å². The number of amides is 1. The number of nitrogens with zero attached hydrogens (tertiary/aromatic N) is 2. The Bertz CT molecular complexity index is 1310. The first kappa shape index (κ1) is 27.5. The van der Waals surface area contributed by atoms with Crippen molar-refractivity contribution in [3.05, 3.63) is 99.0 Å². The van der Waals surface area contributed by atoms with Crippen LogP contribution in [0.15, 0.2) is 66.7 Å². The van der Waals surface area contributed by atoms with Crippen LogP contribution in [0.25, 0.3) is 0 Å². The van der Waals surface area contributed by atoms with Gasteiger partial charge in [0.25, 0.3) is 5.91 Å². The fraction of sp³-hybridized carbons (Fsp3) is 0.276. The third kappa shape index (κ3) is 7.26. The van der Waals surface area contributed by atoms with Crippen LogP contribution in [0.2, 0.25) is 10.0 Å². The molecule has 1 saturated heterocycles. The smallest absolute Gasteiger partial charge is 0.326 e. The van der Waals surface area contributed by atoms with E-state index in [1.54, 1.807) is 18.2 Å². The third-order valence-corrected chi connectivity index (χ3v) is 7.09. The van der Waals surface area contributed by atoms with E-state index in [1.807, 2.05) is 36.4 Å². The molecule has 0 spiro atoms. The predicted molar refractivity (Wildman–Crippen MR) is 146 cm³/mol. The number of halogens is 2. The highest BCUT2D eigenvalue weighted by molar-refractivity contribution is 6.39. The summed E-state index contributed by atoms with van der Waals surface area (Å²) in [6.07, 6.45) is 1.96. The molecule has 1 aliphatic heterocycles. The van der Waals surface area contributed by atoms with Gasteiger partial charge in [-0.05, 0) is 60.4 Å². The van der Waals surface area contributed by atoms with E-state index >= 15 is 0 Å². The number of likely N-dealkylation sites (tertiary alicyclic amines) is 1. The Morgan fingerprint density at radius 3 is 2.32 bits per heavy atom. The number of carbonyl (C=O) groups excluding carboxylic acids is 1. The lowest BCUT2D eigenvalue weighted by molar-refractivity contribution is -0.139. The van der Waals surface area contributed by atoms with Crippen LogP contribution in [0.5, 0.6) is 5.75 Å². The molecule has 3 aromatic rings. The van der Waals surface area contributed by atoms with E-state index < -0.39 is 17.9 Å². The van der Waals surface area contributed by atoms with E-state index in [0.717, 1.165) is 43.6 Å². The fourth-order valence-electron chi connectivity index (χ4n) is 4.46. The highest BCUT2D eigenvalue weighted by atomic mass is 35.5. The summed E-state index contributed by atoms with van der Waals surface area (Å²) in [6.45, 7) is 2.60. The molecule has 0 radical (unpaired) electrons. The van der Waals surface area contributed by atoms with Crippen molar-refractivity contribution >= 4 is 35.1 Å². The number of carbonyl (C=O) groups is 2. The fourth-order valence-corrected chi connectivity index (χ4v) is 5.03. The number of hydrogen-bond acceptors (Lipinski definition) is 5. The molecule has 38 heavy (non-hydrogen) atoms. The number of benzene rings is 3. The molecular weight excluding hydrogens is 525 g/mol. The van der Waals surface area contributed by atoms with Gasteiger partial charge in [0.05, 0.1) is 27.2 Å². The number of piperidine rings is 1. The maximum atomic E-state index is 12.6. The number of carboxylic acids is 1. The summed E-state index contributed by atoms with van der Waals surface area (Å²) in [7, 11) is 0. The van der Waals surface area contributed by atoms with Gasteiger partial charge in [0.1, 0.15) is 17.9 Å². The maximum absolute atomic E-state index is 12.6. The van der Waals surface area contributed by atoms with Gasteiger partial charge < -0.3 is 15.2 Å².